The standard InChI is InChI=1S/C20H27N5OS/c1-27-25-6-3-15(4-7-25)23-18-8-17-14(11-22-18)2-5-21-19(17)24-12-20(13-24)9-16(26)10-20/h2,5,8,11,15-16,26H,3-4,6-7,9-10,12-13H2,1H3,(H,22,23). The topological polar surface area (TPSA) is 64.5 Å². The fourth-order valence-corrected chi connectivity index (χ4v) is 5.46. The molecule has 0 amide bonds. The number of aliphatic hydroxyl groups is 1. The van der Waals surface area contributed by atoms with Gasteiger partial charge in [0, 0.05) is 60.8 Å². The van der Waals surface area contributed by atoms with Crippen molar-refractivity contribution >= 4 is 34.4 Å². The first-order valence-electron chi connectivity index (χ1n) is 9.88. The van der Waals surface area contributed by atoms with Crippen LogP contribution in [-0.4, -0.2) is 64.0 Å². The second kappa shape index (κ2) is 6.79. The minimum atomic E-state index is -0.0924. The summed E-state index contributed by atoms with van der Waals surface area (Å²) in [5.41, 5.74) is 0.336. The number of nitrogens with one attached hydrogen (secondary N) is 1. The van der Waals surface area contributed by atoms with Crippen molar-refractivity contribution in [3.63, 3.8) is 0 Å². The molecule has 1 saturated carbocycles. The predicted molar refractivity (Wildman–Crippen MR) is 111 cm³/mol. The first kappa shape index (κ1) is 17.5. The van der Waals surface area contributed by atoms with E-state index in [4.69, 9.17) is 0 Å². The predicted octanol–water partition coefficient (Wildman–Crippen LogP) is 2.75. The summed E-state index contributed by atoms with van der Waals surface area (Å²) in [7, 11) is 0. The fraction of sp³-hybridized carbons (Fsp3) is 0.600. The Hall–Kier alpha value is -1.57. The lowest BCUT2D eigenvalue weighted by atomic mass is 9.62. The summed E-state index contributed by atoms with van der Waals surface area (Å²) >= 11 is 1.84. The van der Waals surface area contributed by atoms with Crippen LogP contribution in [0.15, 0.2) is 24.5 Å². The van der Waals surface area contributed by atoms with Crippen LogP contribution in [0, 0.1) is 5.41 Å². The molecule has 3 aliphatic rings. The number of pyridine rings is 2. The van der Waals surface area contributed by atoms with Gasteiger partial charge in [0.15, 0.2) is 0 Å². The van der Waals surface area contributed by atoms with Crippen LogP contribution in [0.5, 0.6) is 0 Å². The molecule has 0 radical (unpaired) electrons. The van der Waals surface area contributed by atoms with E-state index in [0.717, 1.165) is 68.9 Å². The van der Waals surface area contributed by atoms with Crippen LogP contribution in [0.4, 0.5) is 11.6 Å². The maximum absolute atomic E-state index is 9.65. The fourth-order valence-electron chi connectivity index (χ4n) is 4.88. The molecule has 2 aliphatic heterocycles. The minimum absolute atomic E-state index is 0.0924. The quantitative estimate of drug-likeness (QED) is 0.785. The zero-order chi connectivity index (χ0) is 18.4. The van der Waals surface area contributed by atoms with Crippen LogP contribution < -0.4 is 10.2 Å². The molecule has 2 N–H and O–H groups in total. The normalized spacial score (nSPS) is 23.4. The van der Waals surface area contributed by atoms with Crippen molar-refractivity contribution in [3.8, 4) is 0 Å². The molecule has 1 spiro atoms. The highest BCUT2D eigenvalue weighted by atomic mass is 32.2. The number of piperidine rings is 1. The van der Waals surface area contributed by atoms with Crippen molar-refractivity contribution < 1.29 is 5.11 Å². The molecule has 3 fully saturated rings. The molecule has 4 heterocycles. The summed E-state index contributed by atoms with van der Waals surface area (Å²) in [6.45, 7) is 4.27. The Kier molecular flexibility index (Phi) is 4.41. The average molecular weight is 386 g/mol. The number of hydrogen-bond acceptors (Lipinski definition) is 7. The Bertz CT molecular complexity index is 824. The van der Waals surface area contributed by atoms with E-state index in [0.29, 0.717) is 11.5 Å². The summed E-state index contributed by atoms with van der Waals surface area (Å²) in [5.74, 6) is 2.01. The summed E-state index contributed by atoms with van der Waals surface area (Å²) < 4.78 is 2.42. The van der Waals surface area contributed by atoms with Gasteiger partial charge in [-0.3, -0.25) is 4.31 Å². The Morgan fingerprint density at radius 2 is 2.00 bits per heavy atom. The molecule has 2 aromatic rings. The molecule has 144 valence electrons. The van der Waals surface area contributed by atoms with Crippen molar-refractivity contribution in [2.24, 2.45) is 5.41 Å². The van der Waals surface area contributed by atoms with E-state index >= 15 is 0 Å². The lowest BCUT2D eigenvalue weighted by Gasteiger charge is -2.58. The maximum Gasteiger partial charge on any atom is 0.136 e. The summed E-state index contributed by atoms with van der Waals surface area (Å²) in [6.07, 6.45) is 10.1. The van der Waals surface area contributed by atoms with Gasteiger partial charge in [-0.25, -0.2) is 9.97 Å². The Morgan fingerprint density at radius 3 is 2.70 bits per heavy atom. The highest BCUT2D eigenvalue weighted by Gasteiger charge is 2.52. The molecule has 1 aliphatic carbocycles. The van der Waals surface area contributed by atoms with E-state index in [-0.39, 0.29) is 6.10 Å². The molecule has 5 rings (SSSR count). The molecular weight excluding hydrogens is 358 g/mol. The van der Waals surface area contributed by atoms with Crippen LogP contribution in [0.1, 0.15) is 25.7 Å². The van der Waals surface area contributed by atoms with Gasteiger partial charge in [-0.1, -0.05) is 11.9 Å². The number of fused-ring (bicyclic) bond motifs is 1. The number of nitrogens with zero attached hydrogens (tertiary/aromatic N) is 4. The van der Waals surface area contributed by atoms with Crippen molar-refractivity contribution in [3.05, 3.63) is 24.5 Å². The molecule has 6 nitrogen and oxygen atoms in total. The summed E-state index contributed by atoms with van der Waals surface area (Å²) in [5, 5.41) is 15.6. The van der Waals surface area contributed by atoms with E-state index in [1.807, 2.05) is 30.4 Å². The molecule has 0 aromatic carbocycles. The smallest absolute Gasteiger partial charge is 0.136 e. The first-order chi connectivity index (χ1) is 13.1. The van der Waals surface area contributed by atoms with Crippen LogP contribution >= 0.6 is 11.9 Å². The van der Waals surface area contributed by atoms with Crippen LogP contribution in [0.2, 0.25) is 0 Å². The van der Waals surface area contributed by atoms with E-state index in [1.54, 1.807) is 0 Å². The lowest BCUT2D eigenvalue weighted by molar-refractivity contribution is -0.0493. The van der Waals surface area contributed by atoms with Crippen LogP contribution in [0.3, 0.4) is 0 Å². The number of aromatic nitrogens is 2. The van der Waals surface area contributed by atoms with E-state index in [9.17, 15) is 5.11 Å². The summed E-state index contributed by atoms with van der Waals surface area (Å²) in [4.78, 5) is 11.7. The van der Waals surface area contributed by atoms with Gasteiger partial charge in [0.05, 0.1) is 6.10 Å². The van der Waals surface area contributed by atoms with E-state index in [1.165, 1.54) is 5.39 Å². The molecule has 0 atom stereocenters. The van der Waals surface area contributed by atoms with Gasteiger partial charge < -0.3 is 15.3 Å². The van der Waals surface area contributed by atoms with Crippen molar-refractivity contribution in [2.75, 3.05) is 42.7 Å². The van der Waals surface area contributed by atoms with Gasteiger partial charge in [0.2, 0.25) is 0 Å². The number of rotatable bonds is 4. The number of hydrogen-bond donors (Lipinski definition) is 2. The third-order valence-corrected chi connectivity index (χ3v) is 7.26. The molecule has 27 heavy (non-hydrogen) atoms. The second-order valence-corrected chi connectivity index (χ2v) is 9.26. The number of anilines is 2. The third-order valence-electron chi connectivity index (χ3n) is 6.38. The van der Waals surface area contributed by atoms with Gasteiger partial charge >= 0.3 is 0 Å². The zero-order valence-corrected chi connectivity index (χ0v) is 16.6. The molecule has 2 saturated heterocycles. The van der Waals surface area contributed by atoms with Crippen LogP contribution in [-0.2, 0) is 0 Å². The molecule has 2 aromatic heterocycles. The average Bonchev–Trinajstić information content (AvgIpc) is 2.64. The molecule has 0 unspecified atom stereocenters. The Morgan fingerprint density at radius 1 is 1.22 bits per heavy atom. The Labute approximate surface area is 164 Å². The summed E-state index contributed by atoms with van der Waals surface area (Å²) in [6, 6.07) is 4.69. The van der Waals surface area contributed by atoms with Crippen LogP contribution in [0.25, 0.3) is 10.8 Å². The molecule has 7 heteroatoms. The van der Waals surface area contributed by atoms with Gasteiger partial charge in [-0.2, -0.15) is 0 Å². The van der Waals surface area contributed by atoms with Gasteiger partial charge in [-0.05, 0) is 44.1 Å². The lowest BCUT2D eigenvalue weighted by Crippen LogP contribution is -2.64. The van der Waals surface area contributed by atoms with E-state index in [2.05, 4.69) is 36.8 Å². The zero-order valence-electron chi connectivity index (χ0n) is 15.8. The van der Waals surface area contributed by atoms with Crippen molar-refractivity contribution in [1.29, 1.82) is 0 Å². The third kappa shape index (κ3) is 3.26. The molecule has 0 bridgehead atoms. The highest BCUT2D eigenvalue weighted by molar-refractivity contribution is 7.96. The maximum atomic E-state index is 9.65. The van der Waals surface area contributed by atoms with Gasteiger partial charge in [-0.15, -0.1) is 0 Å². The number of aliphatic hydroxyl groups excluding tert-OH is 1. The highest BCUT2D eigenvalue weighted by Crippen LogP contribution is 2.50. The first-order valence-corrected chi connectivity index (χ1v) is 11.1. The van der Waals surface area contributed by atoms with Crippen molar-refractivity contribution in [1.82, 2.24) is 14.3 Å². The monoisotopic (exact) mass is 385 g/mol. The van der Waals surface area contributed by atoms with E-state index < -0.39 is 0 Å². The van der Waals surface area contributed by atoms with Gasteiger partial charge in [0.1, 0.15) is 11.6 Å². The largest absolute Gasteiger partial charge is 0.393 e. The second-order valence-electron chi connectivity index (χ2n) is 8.37. The Balaban J connectivity index is 1.32. The SMILES string of the molecule is CSN1CCC(Nc2cc3c(N4CC5(CC(O)C5)C4)nccc3cn2)CC1. The molecular formula is C20H27N5OS. The van der Waals surface area contributed by atoms with Crippen molar-refractivity contribution in [2.45, 2.75) is 37.8 Å². The van der Waals surface area contributed by atoms with Gasteiger partial charge in [0.25, 0.3) is 0 Å². The minimum Gasteiger partial charge on any atom is -0.393 e.